The van der Waals surface area contributed by atoms with E-state index in [2.05, 4.69) is 0 Å². The predicted molar refractivity (Wildman–Crippen MR) is 115 cm³/mol. The zero-order valence-electron chi connectivity index (χ0n) is 15.9. The summed E-state index contributed by atoms with van der Waals surface area (Å²) in [6, 6.07) is 18.2. The molecular formula is C23H16ClNO5. The summed E-state index contributed by atoms with van der Waals surface area (Å²) in [7, 11) is 0. The summed E-state index contributed by atoms with van der Waals surface area (Å²) in [6.07, 6.45) is 0. The van der Waals surface area contributed by atoms with E-state index in [4.69, 9.17) is 20.8 Å². The van der Waals surface area contributed by atoms with Gasteiger partial charge in [0.25, 0.3) is 5.69 Å². The van der Waals surface area contributed by atoms with E-state index < -0.39 is 4.92 Å². The Morgan fingerprint density at radius 1 is 1.03 bits per heavy atom. The first kappa shape index (κ1) is 19.7. The second-order valence-corrected chi connectivity index (χ2v) is 7.24. The smallest absolute Gasteiger partial charge is 0.269 e. The van der Waals surface area contributed by atoms with Gasteiger partial charge in [0, 0.05) is 22.7 Å². The first-order valence-electron chi connectivity index (χ1n) is 9.12. The molecule has 0 aliphatic rings. The number of non-ortho nitro benzene ring substituents is 1. The van der Waals surface area contributed by atoms with Crippen LogP contribution < -0.4 is 10.2 Å². The second kappa shape index (κ2) is 8.00. The van der Waals surface area contributed by atoms with Crippen molar-refractivity contribution < 1.29 is 14.1 Å². The Bertz CT molecular complexity index is 1290. The molecule has 0 unspecified atom stereocenters. The van der Waals surface area contributed by atoms with Crippen molar-refractivity contribution in [2.24, 2.45) is 0 Å². The molecule has 1 aromatic heterocycles. The summed E-state index contributed by atoms with van der Waals surface area (Å²) in [5, 5.41) is 11.8. The molecule has 3 aromatic carbocycles. The monoisotopic (exact) mass is 421 g/mol. The van der Waals surface area contributed by atoms with E-state index in [0.29, 0.717) is 32.9 Å². The van der Waals surface area contributed by atoms with Gasteiger partial charge in [-0.3, -0.25) is 14.9 Å². The van der Waals surface area contributed by atoms with Crippen LogP contribution in [0.3, 0.4) is 0 Å². The number of ether oxygens (including phenoxy) is 1. The highest BCUT2D eigenvalue weighted by molar-refractivity contribution is 6.30. The minimum atomic E-state index is -0.469. The maximum atomic E-state index is 13.2. The molecular weight excluding hydrogens is 406 g/mol. The van der Waals surface area contributed by atoms with Gasteiger partial charge in [-0.15, -0.1) is 0 Å². The van der Waals surface area contributed by atoms with E-state index in [0.717, 1.165) is 5.56 Å². The highest BCUT2D eigenvalue weighted by atomic mass is 35.5. The largest absolute Gasteiger partial charge is 0.481 e. The number of hydrogen-bond acceptors (Lipinski definition) is 5. The molecule has 4 rings (SSSR count). The topological polar surface area (TPSA) is 82.6 Å². The third-order valence-electron chi connectivity index (χ3n) is 4.64. The molecule has 0 spiro atoms. The number of nitro groups is 1. The Hall–Kier alpha value is -3.64. The van der Waals surface area contributed by atoms with Gasteiger partial charge in [-0.05, 0) is 66.6 Å². The third-order valence-corrected chi connectivity index (χ3v) is 4.89. The first-order valence-corrected chi connectivity index (χ1v) is 9.50. The number of aryl methyl sites for hydroxylation is 1. The molecule has 6 nitrogen and oxygen atoms in total. The van der Waals surface area contributed by atoms with Crippen LogP contribution in [0.25, 0.3) is 22.3 Å². The molecule has 7 heteroatoms. The van der Waals surface area contributed by atoms with Crippen LogP contribution in [0.2, 0.25) is 5.02 Å². The van der Waals surface area contributed by atoms with Crippen LogP contribution in [0.1, 0.15) is 11.1 Å². The third kappa shape index (κ3) is 3.90. The van der Waals surface area contributed by atoms with Crippen molar-refractivity contribution in [2.75, 3.05) is 0 Å². The average molecular weight is 422 g/mol. The van der Waals surface area contributed by atoms with Crippen molar-refractivity contribution in [1.29, 1.82) is 0 Å². The lowest BCUT2D eigenvalue weighted by Crippen LogP contribution is -2.10. The van der Waals surface area contributed by atoms with E-state index in [1.54, 1.807) is 48.5 Å². The number of nitrogens with zero attached hydrogens (tertiary/aromatic N) is 1. The van der Waals surface area contributed by atoms with E-state index in [1.807, 2.05) is 13.0 Å². The van der Waals surface area contributed by atoms with Crippen LogP contribution in [0.5, 0.6) is 5.75 Å². The Morgan fingerprint density at radius 3 is 2.40 bits per heavy atom. The van der Waals surface area contributed by atoms with Crippen LogP contribution in [-0.4, -0.2) is 4.92 Å². The van der Waals surface area contributed by atoms with Crippen molar-refractivity contribution in [3.63, 3.8) is 0 Å². The van der Waals surface area contributed by atoms with Gasteiger partial charge in [-0.1, -0.05) is 17.7 Å². The molecule has 30 heavy (non-hydrogen) atoms. The predicted octanol–water partition coefficient (Wildman–Crippen LogP) is 5.91. The zero-order chi connectivity index (χ0) is 21.3. The molecule has 0 N–H and O–H groups in total. The maximum Gasteiger partial charge on any atom is 0.269 e. The van der Waals surface area contributed by atoms with Crippen molar-refractivity contribution in [3.05, 3.63) is 103 Å². The highest BCUT2D eigenvalue weighted by Crippen LogP contribution is 2.32. The summed E-state index contributed by atoms with van der Waals surface area (Å²) in [6.45, 7) is 1.97. The van der Waals surface area contributed by atoms with Crippen LogP contribution in [-0.2, 0) is 6.61 Å². The molecule has 0 fully saturated rings. The molecule has 4 aromatic rings. The summed E-state index contributed by atoms with van der Waals surface area (Å²) in [5.74, 6) is 0.378. The number of nitro benzene ring substituents is 1. The molecule has 0 saturated carbocycles. The molecule has 150 valence electrons. The molecule has 0 radical (unpaired) electrons. The van der Waals surface area contributed by atoms with E-state index >= 15 is 0 Å². The molecule has 0 amide bonds. The minimum absolute atomic E-state index is 0.0128. The van der Waals surface area contributed by atoms with Gasteiger partial charge in [0.05, 0.1) is 10.3 Å². The Balaban J connectivity index is 1.78. The van der Waals surface area contributed by atoms with Gasteiger partial charge < -0.3 is 9.15 Å². The fourth-order valence-electron chi connectivity index (χ4n) is 3.08. The fraction of sp³-hybridized carbons (Fsp3) is 0.0870. The lowest BCUT2D eigenvalue weighted by atomic mass is 10.1. The number of fused-ring (bicyclic) bond motifs is 1. The van der Waals surface area contributed by atoms with Crippen LogP contribution in [0.15, 0.2) is 75.9 Å². The van der Waals surface area contributed by atoms with Gasteiger partial charge in [0.2, 0.25) is 11.2 Å². The lowest BCUT2D eigenvalue weighted by molar-refractivity contribution is -0.384. The molecule has 0 atom stereocenters. The standard InChI is InChI=1S/C23H16ClNO5/c1-14-2-11-19-20(12-14)30-22(16-5-7-17(24)8-6-16)23(21(19)26)29-13-15-3-9-18(10-4-15)25(27)28/h2-12H,13H2,1H3. The number of benzene rings is 3. The van der Waals surface area contributed by atoms with E-state index in [1.165, 1.54) is 12.1 Å². The SMILES string of the molecule is Cc1ccc2c(=O)c(OCc3ccc([N+](=O)[O-])cc3)c(-c3ccc(Cl)cc3)oc2c1. The van der Waals surface area contributed by atoms with Gasteiger partial charge >= 0.3 is 0 Å². The van der Waals surface area contributed by atoms with Crippen molar-refractivity contribution in [2.45, 2.75) is 13.5 Å². The summed E-state index contributed by atoms with van der Waals surface area (Å²) < 4.78 is 11.9. The summed E-state index contributed by atoms with van der Waals surface area (Å²) >= 11 is 5.99. The van der Waals surface area contributed by atoms with Crippen molar-refractivity contribution in [1.82, 2.24) is 0 Å². The Labute approximate surface area is 176 Å². The number of rotatable bonds is 5. The zero-order valence-corrected chi connectivity index (χ0v) is 16.7. The normalized spacial score (nSPS) is 10.9. The van der Waals surface area contributed by atoms with E-state index in [9.17, 15) is 14.9 Å². The Morgan fingerprint density at radius 2 is 1.73 bits per heavy atom. The molecule has 0 aliphatic carbocycles. The van der Waals surface area contributed by atoms with Crippen LogP contribution in [0, 0.1) is 17.0 Å². The van der Waals surface area contributed by atoms with Crippen molar-refractivity contribution in [3.8, 4) is 17.1 Å². The number of hydrogen-bond donors (Lipinski definition) is 0. The average Bonchev–Trinajstić information content (AvgIpc) is 2.73. The number of halogens is 1. The van der Waals surface area contributed by atoms with Crippen LogP contribution in [0.4, 0.5) is 5.69 Å². The van der Waals surface area contributed by atoms with Gasteiger partial charge in [0.15, 0.2) is 5.76 Å². The maximum absolute atomic E-state index is 13.2. The van der Waals surface area contributed by atoms with Gasteiger partial charge in [-0.25, -0.2) is 0 Å². The Kier molecular flexibility index (Phi) is 5.25. The minimum Gasteiger partial charge on any atom is -0.481 e. The highest BCUT2D eigenvalue weighted by Gasteiger charge is 2.18. The molecule has 1 heterocycles. The van der Waals surface area contributed by atoms with E-state index in [-0.39, 0.29) is 23.5 Å². The van der Waals surface area contributed by atoms with Crippen LogP contribution >= 0.6 is 11.6 Å². The molecule has 0 aliphatic heterocycles. The first-order chi connectivity index (χ1) is 14.4. The molecule has 0 saturated heterocycles. The summed E-state index contributed by atoms with van der Waals surface area (Å²) in [5.41, 5.74) is 2.47. The quantitative estimate of drug-likeness (QED) is 0.295. The fourth-order valence-corrected chi connectivity index (χ4v) is 3.20. The second-order valence-electron chi connectivity index (χ2n) is 6.81. The van der Waals surface area contributed by atoms with Gasteiger partial charge in [-0.2, -0.15) is 0 Å². The van der Waals surface area contributed by atoms with Crippen molar-refractivity contribution >= 4 is 28.3 Å². The summed E-state index contributed by atoms with van der Waals surface area (Å²) in [4.78, 5) is 23.5. The molecule has 0 bridgehead atoms. The van der Waals surface area contributed by atoms with Gasteiger partial charge in [0.1, 0.15) is 12.2 Å². The lowest BCUT2D eigenvalue weighted by Gasteiger charge is -2.12.